The number of nitrogens with zero attached hydrogens (tertiary/aromatic N) is 4. The molecule has 0 aliphatic heterocycles. The van der Waals surface area contributed by atoms with E-state index >= 15 is 0 Å². The average Bonchev–Trinajstić information content (AvgIpc) is 3.41. The summed E-state index contributed by atoms with van der Waals surface area (Å²) in [6.07, 6.45) is 1.96. The smallest absolute Gasteiger partial charge is 0.250 e. The van der Waals surface area contributed by atoms with Gasteiger partial charge in [-0.15, -0.1) is 14.8 Å². The fourth-order valence-corrected chi connectivity index (χ4v) is 3.33. The van der Waals surface area contributed by atoms with Gasteiger partial charge in [0, 0.05) is 17.9 Å². The van der Waals surface area contributed by atoms with Gasteiger partial charge in [-0.25, -0.2) is 4.98 Å². The number of aromatic nitrogens is 4. The van der Waals surface area contributed by atoms with Gasteiger partial charge in [-0.2, -0.15) is 0 Å². The summed E-state index contributed by atoms with van der Waals surface area (Å²) >= 11 is 0. The third-order valence-electron chi connectivity index (χ3n) is 5.19. The Labute approximate surface area is 202 Å². The number of nitrogens with one attached hydrogen (secondary N) is 1. The van der Waals surface area contributed by atoms with Crippen molar-refractivity contribution in [2.45, 2.75) is 19.8 Å². The summed E-state index contributed by atoms with van der Waals surface area (Å²) in [7, 11) is 3.09. The third-order valence-corrected chi connectivity index (χ3v) is 5.19. The molecule has 182 valence electrons. The minimum absolute atomic E-state index is 0.0301. The zero-order valence-electron chi connectivity index (χ0n) is 19.9. The lowest BCUT2D eigenvalue weighted by atomic mass is 10.2. The van der Waals surface area contributed by atoms with Crippen molar-refractivity contribution in [3.05, 3.63) is 47.7 Å². The Morgan fingerprint density at radius 1 is 1.06 bits per heavy atom. The molecule has 0 radical (unpaired) electrons. The molecule has 10 heteroatoms. The van der Waals surface area contributed by atoms with Crippen molar-refractivity contribution in [3.8, 4) is 34.5 Å². The first kappa shape index (κ1) is 24.0. The first-order valence-electron chi connectivity index (χ1n) is 11.2. The molecule has 2 aromatic carbocycles. The van der Waals surface area contributed by atoms with Crippen LogP contribution >= 0.6 is 0 Å². The van der Waals surface area contributed by atoms with Crippen LogP contribution in [0.1, 0.15) is 19.8 Å². The van der Waals surface area contributed by atoms with Gasteiger partial charge in [0.15, 0.2) is 23.0 Å². The van der Waals surface area contributed by atoms with E-state index in [4.69, 9.17) is 18.9 Å². The lowest BCUT2D eigenvalue weighted by Crippen LogP contribution is -2.18. The zero-order valence-corrected chi connectivity index (χ0v) is 19.9. The molecule has 0 fully saturated rings. The minimum atomic E-state index is -0.196. The summed E-state index contributed by atoms with van der Waals surface area (Å²) in [5.41, 5.74) is 1.89. The van der Waals surface area contributed by atoms with Crippen molar-refractivity contribution < 1.29 is 23.7 Å². The lowest BCUT2D eigenvalue weighted by Gasteiger charge is -2.12. The Hall–Kier alpha value is -4.18. The quantitative estimate of drug-likeness (QED) is 0.327. The number of ether oxygens (including phenoxy) is 4. The van der Waals surface area contributed by atoms with E-state index in [1.54, 1.807) is 44.6 Å². The van der Waals surface area contributed by atoms with Crippen molar-refractivity contribution in [3.63, 3.8) is 0 Å². The van der Waals surface area contributed by atoms with Gasteiger partial charge >= 0.3 is 0 Å². The van der Waals surface area contributed by atoms with Crippen molar-refractivity contribution in [2.75, 3.05) is 32.8 Å². The lowest BCUT2D eigenvalue weighted by molar-refractivity contribution is -0.120. The van der Waals surface area contributed by atoms with Gasteiger partial charge in [0.25, 0.3) is 0 Å². The largest absolute Gasteiger partial charge is 0.493 e. The van der Waals surface area contributed by atoms with Crippen LogP contribution in [0.5, 0.6) is 23.1 Å². The van der Waals surface area contributed by atoms with Gasteiger partial charge in [-0.05, 0) is 42.8 Å². The van der Waals surface area contributed by atoms with Crippen molar-refractivity contribution in [1.82, 2.24) is 19.8 Å². The maximum atomic E-state index is 12.0. The fraction of sp³-hybridized carbons (Fsp3) is 0.280. The Morgan fingerprint density at radius 2 is 1.77 bits per heavy atom. The molecule has 10 nitrogen and oxygen atoms in total. The second-order valence-electron chi connectivity index (χ2n) is 7.66. The highest BCUT2D eigenvalue weighted by Gasteiger charge is 2.18. The number of carbonyl (C=O) groups is 1. The summed E-state index contributed by atoms with van der Waals surface area (Å²) in [5, 5.41) is 12.1. The Bertz CT molecular complexity index is 1330. The third kappa shape index (κ3) is 5.33. The number of amides is 1. The van der Waals surface area contributed by atoms with E-state index < -0.39 is 0 Å². The topological polar surface area (TPSA) is 109 Å². The maximum Gasteiger partial charge on any atom is 0.250 e. The molecule has 0 saturated carbocycles. The van der Waals surface area contributed by atoms with Crippen LogP contribution in [0.3, 0.4) is 0 Å². The molecule has 2 heterocycles. The van der Waals surface area contributed by atoms with E-state index in [0.717, 1.165) is 18.4 Å². The van der Waals surface area contributed by atoms with E-state index in [0.29, 0.717) is 46.2 Å². The number of carbonyl (C=O) groups excluding carboxylic acids is 1. The standard InChI is InChI=1S/C25H27N5O5/c1-5-6-14-34-15-21(31)26-18-12-10-17(11-13-18)23-27-24-16(2)25(29-30(24)28-23)35-22-19(32-3)8-7-9-20(22)33-4/h7-13H,2,5-6,14-15H2,1,3-4H3,(H,26,31). The van der Waals surface area contributed by atoms with Crippen LogP contribution in [0.15, 0.2) is 42.5 Å². The van der Waals surface area contributed by atoms with Crippen molar-refractivity contribution in [1.29, 1.82) is 0 Å². The van der Waals surface area contributed by atoms with Crippen LogP contribution in [-0.4, -0.2) is 53.2 Å². The molecule has 0 bridgehead atoms. The minimum Gasteiger partial charge on any atom is -0.493 e. The molecule has 0 unspecified atom stereocenters. The molecule has 0 atom stereocenters. The van der Waals surface area contributed by atoms with Crippen molar-refractivity contribution >= 4 is 23.8 Å². The van der Waals surface area contributed by atoms with E-state index in [-0.39, 0.29) is 18.4 Å². The summed E-state index contributed by atoms with van der Waals surface area (Å²) in [5.74, 6) is 1.90. The highest BCUT2D eigenvalue weighted by atomic mass is 16.5. The molecule has 0 spiro atoms. The van der Waals surface area contributed by atoms with Gasteiger partial charge < -0.3 is 24.3 Å². The number of para-hydroxylation sites is 1. The number of anilines is 1. The zero-order chi connectivity index (χ0) is 24.8. The number of benzene rings is 2. The molecule has 2 aromatic heterocycles. The molecule has 0 aliphatic carbocycles. The molecular weight excluding hydrogens is 450 g/mol. The van der Waals surface area contributed by atoms with Crippen LogP contribution in [0.4, 0.5) is 5.69 Å². The van der Waals surface area contributed by atoms with E-state index in [1.165, 1.54) is 4.63 Å². The molecule has 4 rings (SSSR count). The monoisotopic (exact) mass is 477 g/mol. The molecule has 0 aliphatic rings. The Kier molecular flexibility index (Phi) is 7.41. The number of hydrogen-bond acceptors (Lipinski definition) is 8. The second-order valence-corrected chi connectivity index (χ2v) is 7.66. The van der Waals surface area contributed by atoms with Gasteiger partial charge in [0.1, 0.15) is 6.61 Å². The molecule has 0 saturated heterocycles. The average molecular weight is 478 g/mol. The van der Waals surface area contributed by atoms with Crippen LogP contribution in [0.2, 0.25) is 0 Å². The van der Waals surface area contributed by atoms with Gasteiger partial charge in [0.2, 0.25) is 17.5 Å². The normalized spacial score (nSPS) is 10.9. The summed E-state index contributed by atoms with van der Waals surface area (Å²) in [4.78, 5) is 16.5. The second kappa shape index (κ2) is 10.8. The molecule has 35 heavy (non-hydrogen) atoms. The summed E-state index contributed by atoms with van der Waals surface area (Å²) in [6, 6.07) is 12.5. The summed E-state index contributed by atoms with van der Waals surface area (Å²) in [6.45, 7) is 6.73. The fourth-order valence-electron chi connectivity index (χ4n) is 3.33. The highest BCUT2D eigenvalue weighted by Crippen LogP contribution is 2.38. The van der Waals surface area contributed by atoms with Crippen LogP contribution in [-0.2, 0) is 9.53 Å². The van der Waals surface area contributed by atoms with E-state index in [2.05, 4.69) is 34.0 Å². The van der Waals surface area contributed by atoms with Gasteiger partial charge in [0.05, 0.1) is 19.4 Å². The summed E-state index contributed by atoms with van der Waals surface area (Å²) < 4.78 is 23.4. The molecule has 1 N–H and O–H groups in total. The SMILES string of the molecule is C=c1c(Oc2c(OC)cccc2OC)nn2nc(-c3ccc(NC(=O)COCCCC)cc3)nc12. The van der Waals surface area contributed by atoms with Gasteiger partial charge in [-0.1, -0.05) is 26.0 Å². The van der Waals surface area contributed by atoms with Crippen LogP contribution in [0.25, 0.3) is 23.6 Å². The number of fused-ring (bicyclic) bond motifs is 1. The molecule has 1 amide bonds. The number of unbranched alkanes of at least 4 members (excludes halogenated alkanes) is 1. The van der Waals surface area contributed by atoms with E-state index in [9.17, 15) is 4.79 Å². The predicted octanol–water partition coefficient (Wildman–Crippen LogP) is 3.49. The van der Waals surface area contributed by atoms with Crippen molar-refractivity contribution in [2.24, 2.45) is 0 Å². The molecule has 4 aromatic rings. The Balaban J connectivity index is 1.48. The number of hydrogen-bond donors (Lipinski definition) is 1. The first-order chi connectivity index (χ1) is 17.0. The highest BCUT2D eigenvalue weighted by molar-refractivity contribution is 5.91. The van der Waals surface area contributed by atoms with Crippen LogP contribution in [0, 0.1) is 0 Å². The predicted molar refractivity (Wildman–Crippen MR) is 131 cm³/mol. The molecular formula is C25H27N5O5. The number of rotatable bonds is 11. The van der Waals surface area contributed by atoms with Crippen LogP contribution < -0.4 is 24.7 Å². The Morgan fingerprint density at radius 3 is 2.40 bits per heavy atom. The first-order valence-corrected chi connectivity index (χ1v) is 11.2. The van der Waals surface area contributed by atoms with E-state index in [1.807, 2.05) is 12.1 Å². The number of methoxy groups -OCH3 is 2. The van der Waals surface area contributed by atoms with Gasteiger partial charge in [-0.3, -0.25) is 4.79 Å². The maximum absolute atomic E-state index is 12.0.